The van der Waals surface area contributed by atoms with Crippen LogP contribution in [0.5, 0.6) is 0 Å². The van der Waals surface area contributed by atoms with Crippen LogP contribution in [-0.4, -0.2) is 22.1 Å². The van der Waals surface area contributed by atoms with E-state index in [-0.39, 0.29) is 6.04 Å². The Kier molecular flexibility index (Phi) is 3.05. The van der Waals surface area contributed by atoms with E-state index in [9.17, 15) is 0 Å². The average Bonchev–Trinajstić information content (AvgIpc) is 2.88. The second kappa shape index (κ2) is 4.49. The first-order valence-corrected chi connectivity index (χ1v) is 5.19. The first-order chi connectivity index (χ1) is 7.66. The number of aryl methyl sites for hydroxylation is 1. The Morgan fingerprint density at radius 1 is 1.50 bits per heavy atom. The van der Waals surface area contributed by atoms with Gasteiger partial charge in [-0.1, -0.05) is 5.16 Å². The summed E-state index contributed by atoms with van der Waals surface area (Å²) in [6.45, 7) is 4.55. The average molecular weight is 221 g/mol. The first-order valence-electron chi connectivity index (χ1n) is 5.19. The maximum atomic E-state index is 5.29. The third-order valence-corrected chi connectivity index (χ3v) is 2.55. The fourth-order valence-electron chi connectivity index (χ4n) is 1.46. The molecule has 2 rings (SSSR count). The van der Waals surface area contributed by atoms with Gasteiger partial charge >= 0.3 is 0 Å². The van der Waals surface area contributed by atoms with Crippen LogP contribution in [0.2, 0.25) is 0 Å². The topological polar surface area (TPSA) is 55.3 Å². The lowest BCUT2D eigenvalue weighted by Gasteiger charge is -2.19. The van der Waals surface area contributed by atoms with Gasteiger partial charge in [-0.3, -0.25) is 4.90 Å². The molecule has 0 aromatic carbocycles. The molecular weight excluding hydrogens is 206 g/mol. The normalized spacial score (nSPS) is 13.2. The molecule has 16 heavy (non-hydrogen) atoms. The number of rotatable bonds is 4. The molecule has 0 bridgehead atoms. The summed E-state index contributed by atoms with van der Waals surface area (Å²) in [5.74, 6) is 2.21. The second-order valence-electron chi connectivity index (χ2n) is 3.85. The van der Waals surface area contributed by atoms with Crippen molar-refractivity contribution in [2.24, 2.45) is 0 Å². The fourth-order valence-corrected chi connectivity index (χ4v) is 1.46. The highest BCUT2D eigenvalue weighted by atomic mass is 16.5. The van der Waals surface area contributed by atoms with Gasteiger partial charge in [-0.15, -0.1) is 0 Å². The van der Waals surface area contributed by atoms with Gasteiger partial charge in [0.25, 0.3) is 0 Å². The number of hydrogen-bond acceptors (Lipinski definition) is 5. The van der Waals surface area contributed by atoms with Crippen LogP contribution >= 0.6 is 0 Å². The lowest BCUT2D eigenvalue weighted by Crippen LogP contribution is -2.21. The zero-order chi connectivity index (χ0) is 11.5. The molecule has 1 atom stereocenters. The van der Waals surface area contributed by atoms with E-state index in [4.69, 9.17) is 8.94 Å². The summed E-state index contributed by atoms with van der Waals surface area (Å²) < 4.78 is 10.4. The van der Waals surface area contributed by atoms with E-state index < -0.39 is 0 Å². The number of nitrogens with zero attached hydrogens (tertiary/aromatic N) is 3. The van der Waals surface area contributed by atoms with E-state index in [0.717, 1.165) is 12.3 Å². The van der Waals surface area contributed by atoms with Crippen LogP contribution in [-0.2, 0) is 6.54 Å². The van der Waals surface area contributed by atoms with Crippen LogP contribution in [0.25, 0.3) is 0 Å². The highest BCUT2D eigenvalue weighted by Gasteiger charge is 2.18. The van der Waals surface area contributed by atoms with Crippen LogP contribution < -0.4 is 0 Å². The minimum atomic E-state index is 0.0753. The Hall–Kier alpha value is -1.62. The Morgan fingerprint density at radius 2 is 2.31 bits per heavy atom. The summed E-state index contributed by atoms with van der Waals surface area (Å²) in [6.07, 6.45) is 1.67. The van der Waals surface area contributed by atoms with Crippen molar-refractivity contribution in [3.8, 4) is 0 Å². The van der Waals surface area contributed by atoms with E-state index in [1.165, 1.54) is 0 Å². The molecular formula is C11H15N3O2. The molecule has 0 N–H and O–H groups in total. The highest BCUT2D eigenvalue weighted by molar-refractivity contribution is 4.99. The molecule has 0 spiro atoms. The van der Waals surface area contributed by atoms with Crippen LogP contribution in [0, 0.1) is 6.92 Å². The molecule has 5 nitrogen and oxygen atoms in total. The molecule has 0 unspecified atom stereocenters. The summed E-state index contributed by atoms with van der Waals surface area (Å²) in [7, 11) is 1.99. The van der Waals surface area contributed by atoms with E-state index in [1.54, 1.807) is 6.26 Å². The van der Waals surface area contributed by atoms with Crippen LogP contribution in [0.1, 0.15) is 30.4 Å². The van der Waals surface area contributed by atoms with Gasteiger partial charge in [0.2, 0.25) is 5.89 Å². The largest absolute Gasteiger partial charge is 0.468 e. The van der Waals surface area contributed by atoms with Gasteiger partial charge in [-0.2, -0.15) is 4.98 Å². The highest BCUT2D eigenvalue weighted by Crippen LogP contribution is 2.18. The summed E-state index contributed by atoms with van der Waals surface area (Å²) >= 11 is 0. The van der Waals surface area contributed by atoms with Crippen molar-refractivity contribution in [2.75, 3.05) is 7.05 Å². The smallest absolute Gasteiger partial charge is 0.243 e. The van der Waals surface area contributed by atoms with Gasteiger partial charge in [0.15, 0.2) is 5.82 Å². The molecule has 5 heteroatoms. The van der Waals surface area contributed by atoms with Crippen molar-refractivity contribution in [1.82, 2.24) is 15.0 Å². The summed E-state index contributed by atoms with van der Waals surface area (Å²) in [5.41, 5.74) is 0. The number of aromatic nitrogens is 2. The first kappa shape index (κ1) is 10.9. The van der Waals surface area contributed by atoms with Gasteiger partial charge in [0.1, 0.15) is 5.76 Å². The van der Waals surface area contributed by atoms with Crippen molar-refractivity contribution >= 4 is 0 Å². The minimum absolute atomic E-state index is 0.0753. The molecule has 0 aliphatic carbocycles. The standard InChI is InChI=1S/C11H15N3O2/c1-8(11-12-9(2)13-16-11)14(3)7-10-5-4-6-15-10/h4-6,8H,7H2,1-3H3/t8-/m0/s1. The van der Waals surface area contributed by atoms with Crippen LogP contribution in [0.4, 0.5) is 0 Å². The quantitative estimate of drug-likeness (QED) is 0.791. The molecule has 0 aliphatic heterocycles. The molecule has 0 saturated carbocycles. The third-order valence-electron chi connectivity index (χ3n) is 2.55. The van der Waals surface area contributed by atoms with E-state index in [1.807, 2.05) is 33.0 Å². The van der Waals surface area contributed by atoms with Crippen molar-refractivity contribution in [1.29, 1.82) is 0 Å². The van der Waals surface area contributed by atoms with Crippen molar-refractivity contribution < 1.29 is 8.94 Å². The van der Waals surface area contributed by atoms with E-state index in [2.05, 4.69) is 15.0 Å². The maximum absolute atomic E-state index is 5.29. The van der Waals surface area contributed by atoms with Crippen molar-refractivity contribution in [3.05, 3.63) is 35.9 Å². The molecule has 2 heterocycles. The second-order valence-corrected chi connectivity index (χ2v) is 3.85. The Labute approximate surface area is 94.1 Å². The Morgan fingerprint density at radius 3 is 2.88 bits per heavy atom. The molecule has 86 valence electrons. The van der Waals surface area contributed by atoms with Crippen molar-refractivity contribution in [2.45, 2.75) is 26.4 Å². The number of hydrogen-bond donors (Lipinski definition) is 0. The van der Waals surface area contributed by atoms with Gasteiger partial charge in [-0.05, 0) is 33.0 Å². The zero-order valence-corrected chi connectivity index (χ0v) is 9.67. The summed E-state index contributed by atoms with van der Waals surface area (Å²) in [6, 6.07) is 3.90. The molecule has 0 radical (unpaired) electrons. The molecule has 2 aromatic rings. The van der Waals surface area contributed by atoms with Crippen LogP contribution in [0.15, 0.2) is 27.3 Å². The van der Waals surface area contributed by atoms with Gasteiger partial charge in [0, 0.05) is 0 Å². The lowest BCUT2D eigenvalue weighted by atomic mass is 10.3. The van der Waals surface area contributed by atoms with Gasteiger partial charge in [-0.25, -0.2) is 0 Å². The van der Waals surface area contributed by atoms with E-state index >= 15 is 0 Å². The number of furan rings is 1. The molecule has 0 aliphatic rings. The predicted molar refractivity (Wildman–Crippen MR) is 57.6 cm³/mol. The Bertz CT molecular complexity index is 436. The summed E-state index contributed by atoms with van der Waals surface area (Å²) in [4.78, 5) is 6.30. The molecule has 0 amide bonds. The monoisotopic (exact) mass is 221 g/mol. The summed E-state index contributed by atoms with van der Waals surface area (Å²) in [5, 5.41) is 3.78. The van der Waals surface area contributed by atoms with Gasteiger partial charge in [0.05, 0.1) is 18.8 Å². The third kappa shape index (κ3) is 2.30. The van der Waals surface area contributed by atoms with Crippen LogP contribution in [0.3, 0.4) is 0 Å². The molecule has 2 aromatic heterocycles. The fraction of sp³-hybridized carbons (Fsp3) is 0.455. The predicted octanol–water partition coefficient (Wildman–Crippen LogP) is 2.16. The minimum Gasteiger partial charge on any atom is -0.468 e. The Balaban J connectivity index is 2.02. The lowest BCUT2D eigenvalue weighted by molar-refractivity contribution is 0.190. The van der Waals surface area contributed by atoms with E-state index in [0.29, 0.717) is 11.7 Å². The zero-order valence-electron chi connectivity index (χ0n) is 9.67. The van der Waals surface area contributed by atoms with Crippen molar-refractivity contribution in [3.63, 3.8) is 0 Å². The SMILES string of the molecule is Cc1noc([C@H](C)N(C)Cc2ccco2)n1. The maximum Gasteiger partial charge on any atom is 0.243 e. The molecule has 0 fully saturated rings. The van der Waals surface area contributed by atoms with Gasteiger partial charge < -0.3 is 8.94 Å². The molecule has 0 saturated heterocycles.